The molecular formula is C23H32N2O. The molecule has 0 spiro atoms. The molecule has 0 saturated carbocycles. The van der Waals surface area contributed by atoms with Crippen molar-refractivity contribution in [3.63, 3.8) is 0 Å². The second-order valence-corrected chi connectivity index (χ2v) is 7.28. The highest BCUT2D eigenvalue weighted by Gasteiger charge is 2.37. The van der Waals surface area contributed by atoms with Crippen molar-refractivity contribution in [3.05, 3.63) is 60.2 Å². The van der Waals surface area contributed by atoms with Crippen molar-refractivity contribution >= 4 is 5.91 Å². The molecule has 1 amide bonds. The normalized spacial score (nSPS) is 13.5. The molecular weight excluding hydrogens is 320 g/mol. The average Bonchev–Trinajstić information content (AvgIpc) is 2.65. The van der Waals surface area contributed by atoms with Gasteiger partial charge in [0.05, 0.1) is 5.41 Å². The zero-order chi connectivity index (χ0) is 19.0. The van der Waals surface area contributed by atoms with Crippen LogP contribution in [0.25, 0.3) is 11.1 Å². The fourth-order valence-electron chi connectivity index (χ4n) is 3.64. The number of primary amides is 1. The van der Waals surface area contributed by atoms with E-state index in [2.05, 4.69) is 50.4 Å². The molecule has 0 saturated heterocycles. The van der Waals surface area contributed by atoms with Gasteiger partial charge < -0.3 is 11.1 Å². The maximum atomic E-state index is 12.6. The van der Waals surface area contributed by atoms with Gasteiger partial charge in [-0.3, -0.25) is 4.79 Å². The molecule has 0 aliphatic heterocycles. The van der Waals surface area contributed by atoms with Gasteiger partial charge in [0.15, 0.2) is 0 Å². The third-order valence-electron chi connectivity index (χ3n) is 5.19. The van der Waals surface area contributed by atoms with E-state index in [4.69, 9.17) is 5.73 Å². The number of rotatable bonds is 10. The number of hydrogen-bond acceptors (Lipinski definition) is 2. The number of amides is 1. The van der Waals surface area contributed by atoms with Gasteiger partial charge >= 0.3 is 0 Å². The standard InChI is InChI=1S/C23H32N2O/c1-4-23(22(24)26,16-10-11-17-25-18(2)3)21-15-9-8-14-20(21)19-12-6-5-7-13-19/h5-9,12-15,18,25H,4,10-11,16-17H2,1-3H3,(H2,24,26). The smallest absolute Gasteiger partial charge is 0.228 e. The average molecular weight is 353 g/mol. The maximum Gasteiger partial charge on any atom is 0.228 e. The SMILES string of the molecule is CCC(CCCCNC(C)C)(C(N)=O)c1ccccc1-c1ccccc1. The fourth-order valence-corrected chi connectivity index (χ4v) is 3.64. The molecule has 0 aliphatic rings. The van der Waals surface area contributed by atoms with Crippen LogP contribution in [0.3, 0.4) is 0 Å². The van der Waals surface area contributed by atoms with Gasteiger partial charge in [-0.1, -0.05) is 81.8 Å². The van der Waals surface area contributed by atoms with Crippen LogP contribution >= 0.6 is 0 Å². The molecule has 2 rings (SSSR count). The van der Waals surface area contributed by atoms with E-state index in [-0.39, 0.29) is 5.91 Å². The number of unbranched alkanes of at least 4 members (excludes halogenated alkanes) is 1. The van der Waals surface area contributed by atoms with Crippen LogP contribution in [0.4, 0.5) is 0 Å². The zero-order valence-corrected chi connectivity index (χ0v) is 16.3. The summed E-state index contributed by atoms with van der Waals surface area (Å²) in [4.78, 5) is 12.6. The van der Waals surface area contributed by atoms with Crippen molar-refractivity contribution in [2.45, 2.75) is 57.9 Å². The molecule has 0 radical (unpaired) electrons. The minimum absolute atomic E-state index is 0.222. The van der Waals surface area contributed by atoms with Crippen molar-refractivity contribution < 1.29 is 4.79 Å². The van der Waals surface area contributed by atoms with Crippen LogP contribution in [0, 0.1) is 0 Å². The van der Waals surface area contributed by atoms with Gasteiger partial charge in [0.2, 0.25) is 5.91 Å². The molecule has 3 nitrogen and oxygen atoms in total. The summed E-state index contributed by atoms with van der Waals surface area (Å²) in [5, 5.41) is 3.44. The number of benzene rings is 2. The van der Waals surface area contributed by atoms with Gasteiger partial charge in [-0.2, -0.15) is 0 Å². The van der Waals surface area contributed by atoms with Crippen LogP contribution in [0.2, 0.25) is 0 Å². The lowest BCUT2D eigenvalue weighted by atomic mass is 9.71. The number of nitrogens with two attached hydrogens (primary N) is 1. The lowest BCUT2D eigenvalue weighted by Gasteiger charge is -2.32. The Balaban J connectivity index is 2.31. The van der Waals surface area contributed by atoms with E-state index in [9.17, 15) is 4.79 Å². The highest BCUT2D eigenvalue weighted by molar-refractivity contribution is 5.89. The largest absolute Gasteiger partial charge is 0.369 e. The molecule has 2 aromatic carbocycles. The Kier molecular flexibility index (Phi) is 7.40. The summed E-state index contributed by atoms with van der Waals surface area (Å²) in [6.45, 7) is 7.33. The van der Waals surface area contributed by atoms with E-state index in [0.29, 0.717) is 12.5 Å². The number of nitrogens with one attached hydrogen (secondary N) is 1. The first-order valence-electron chi connectivity index (χ1n) is 9.69. The van der Waals surface area contributed by atoms with E-state index in [1.807, 2.05) is 30.3 Å². The molecule has 0 aliphatic carbocycles. The molecule has 2 aromatic rings. The minimum atomic E-state index is -0.621. The van der Waals surface area contributed by atoms with Gasteiger partial charge in [-0.05, 0) is 42.5 Å². The third kappa shape index (κ3) is 4.73. The van der Waals surface area contributed by atoms with E-state index >= 15 is 0 Å². The lowest BCUT2D eigenvalue weighted by molar-refractivity contribution is -0.124. The summed E-state index contributed by atoms with van der Waals surface area (Å²) >= 11 is 0. The second-order valence-electron chi connectivity index (χ2n) is 7.28. The summed E-state index contributed by atoms with van der Waals surface area (Å²) in [7, 11) is 0. The van der Waals surface area contributed by atoms with E-state index in [1.165, 1.54) is 0 Å². The Labute approximate surface area is 158 Å². The predicted octanol–water partition coefficient (Wildman–Crippen LogP) is 4.66. The highest BCUT2D eigenvalue weighted by atomic mass is 16.1. The van der Waals surface area contributed by atoms with Crippen LogP contribution in [0.15, 0.2) is 54.6 Å². The molecule has 0 heterocycles. The summed E-state index contributed by atoms with van der Waals surface area (Å²) in [6.07, 6.45) is 3.51. The lowest BCUT2D eigenvalue weighted by Crippen LogP contribution is -2.41. The molecule has 0 bridgehead atoms. The second kappa shape index (κ2) is 9.54. The molecule has 3 heteroatoms. The topological polar surface area (TPSA) is 55.1 Å². The molecule has 1 atom stereocenters. The van der Waals surface area contributed by atoms with Crippen LogP contribution in [0.5, 0.6) is 0 Å². The van der Waals surface area contributed by atoms with Crippen LogP contribution < -0.4 is 11.1 Å². The van der Waals surface area contributed by atoms with Crippen LogP contribution in [-0.4, -0.2) is 18.5 Å². The first-order valence-corrected chi connectivity index (χ1v) is 9.69. The van der Waals surface area contributed by atoms with Crippen molar-refractivity contribution in [3.8, 4) is 11.1 Å². The Bertz CT molecular complexity index is 696. The molecule has 26 heavy (non-hydrogen) atoms. The van der Waals surface area contributed by atoms with E-state index < -0.39 is 5.41 Å². The molecule has 140 valence electrons. The van der Waals surface area contributed by atoms with E-state index in [0.717, 1.165) is 42.5 Å². The van der Waals surface area contributed by atoms with Crippen molar-refractivity contribution in [1.82, 2.24) is 5.32 Å². The monoisotopic (exact) mass is 352 g/mol. The highest BCUT2D eigenvalue weighted by Crippen LogP contribution is 2.39. The van der Waals surface area contributed by atoms with Gasteiger partial charge in [-0.15, -0.1) is 0 Å². The molecule has 1 unspecified atom stereocenters. The summed E-state index contributed by atoms with van der Waals surface area (Å²) < 4.78 is 0. The first kappa shape index (κ1) is 20.2. The van der Waals surface area contributed by atoms with Crippen LogP contribution in [-0.2, 0) is 10.2 Å². The van der Waals surface area contributed by atoms with Crippen molar-refractivity contribution in [2.24, 2.45) is 5.73 Å². The molecule has 3 N–H and O–H groups in total. The van der Waals surface area contributed by atoms with E-state index in [1.54, 1.807) is 0 Å². The van der Waals surface area contributed by atoms with Gasteiger partial charge in [0.1, 0.15) is 0 Å². The zero-order valence-electron chi connectivity index (χ0n) is 16.3. The Morgan fingerprint density at radius 3 is 2.31 bits per heavy atom. The maximum absolute atomic E-state index is 12.6. The number of hydrogen-bond donors (Lipinski definition) is 2. The summed E-state index contributed by atoms with van der Waals surface area (Å²) in [5.74, 6) is -0.222. The minimum Gasteiger partial charge on any atom is -0.369 e. The Morgan fingerprint density at radius 2 is 1.69 bits per heavy atom. The number of carbonyl (C=O) groups is 1. The predicted molar refractivity (Wildman–Crippen MR) is 110 cm³/mol. The summed E-state index contributed by atoms with van der Waals surface area (Å²) in [5.41, 5.74) is 8.64. The fraction of sp³-hybridized carbons (Fsp3) is 0.435. The van der Waals surface area contributed by atoms with Crippen molar-refractivity contribution in [1.29, 1.82) is 0 Å². The van der Waals surface area contributed by atoms with Gasteiger partial charge in [0.25, 0.3) is 0 Å². The quantitative estimate of drug-likeness (QED) is 0.611. The first-order chi connectivity index (χ1) is 12.5. The molecule has 0 aromatic heterocycles. The summed E-state index contributed by atoms with van der Waals surface area (Å²) in [6, 6.07) is 18.9. The van der Waals surface area contributed by atoms with Gasteiger partial charge in [0, 0.05) is 6.04 Å². The Hall–Kier alpha value is -2.13. The third-order valence-corrected chi connectivity index (χ3v) is 5.19. The van der Waals surface area contributed by atoms with Crippen LogP contribution in [0.1, 0.15) is 52.0 Å². The van der Waals surface area contributed by atoms with Gasteiger partial charge in [-0.25, -0.2) is 0 Å². The Morgan fingerprint density at radius 1 is 1.04 bits per heavy atom. The van der Waals surface area contributed by atoms with Crippen molar-refractivity contribution in [2.75, 3.05) is 6.54 Å². The molecule has 0 fully saturated rings. The number of carbonyl (C=O) groups excluding carboxylic acids is 1.